The molecular formula is C24H21N3O5S. The van der Waals surface area contributed by atoms with Gasteiger partial charge in [0.2, 0.25) is 0 Å². The molecule has 1 aliphatic rings. The van der Waals surface area contributed by atoms with Crippen molar-refractivity contribution in [3.8, 4) is 17.2 Å². The van der Waals surface area contributed by atoms with Crippen molar-refractivity contribution in [3.05, 3.63) is 82.7 Å². The van der Waals surface area contributed by atoms with E-state index < -0.39 is 0 Å². The molecule has 0 spiro atoms. The molecule has 1 aliphatic heterocycles. The lowest BCUT2D eigenvalue weighted by Gasteiger charge is -2.12. The molecule has 1 aromatic heterocycles. The van der Waals surface area contributed by atoms with Gasteiger partial charge in [-0.05, 0) is 59.8 Å². The van der Waals surface area contributed by atoms with Crippen LogP contribution in [0.5, 0.6) is 17.2 Å². The van der Waals surface area contributed by atoms with Crippen molar-refractivity contribution in [2.75, 3.05) is 14.2 Å². The Balaban J connectivity index is 1.64. The Hall–Kier alpha value is -3.98. The second-order valence-electron chi connectivity index (χ2n) is 6.88. The van der Waals surface area contributed by atoms with Gasteiger partial charge in [-0.2, -0.15) is 5.10 Å². The molecular weight excluding hydrogens is 442 g/mol. The first kappa shape index (κ1) is 22.2. The number of hydrogen-bond donors (Lipinski definition) is 1. The zero-order chi connectivity index (χ0) is 23.2. The van der Waals surface area contributed by atoms with E-state index in [1.807, 2.05) is 6.07 Å². The molecule has 1 saturated heterocycles. The van der Waals surface area contributed by atoms with Crippen LogP contribution < -0.4 is 9.47 Å². The molecule has 0 unspecified atom stereocenters. The number of rotatable bonds is 7. The normalized spacial score (nSPS) is 16.3. The molecule has 0 saturated carbocycles. The minimum Gasteiger partial charge on any atom is -0.507 e. The summed E-state index contributed by atoms with van der Waals surface area (Å²) < 4.78 is 16.0. The van der Waals surface area contributed by atoms with Crippen LogP contribution in [0, 0.1) is 0 Å². The van der Waals surface area contributed by atoms with E-state index in [4.69, 9.17) is 13.9 Å². The highest BCUT2D eigenvalue weighted by Crippen LogP contribution is 2.35. The number of phenolic OH excluding ortho intramolecular Hbond substituents is 1. The van der Waals surface area contributed by atoms with Crippen molar-refractivity contribution < 1.29 is 23.8 Å². The van der Waals surface area contributed by atoms with Gasteiger partial charge in [0.25, 0.3) is 5.91 Å². The Labute approximate surface area is 194 Å². The minimum atomic E-state index is -0.220. The zero-order valence-corrected chi connectivity index (χ0v) is 18.8. The molecule has 2 aromatic carbocycles. The first-order valence-electron chi connectivity index (χ1n) is 9.94. The van der Waals surface area contributed by atoms with E-state index in [1.165, 1.54) is 22.9 Å². The van der Waals surface area contributed by atoms with E-state index >= 15 is 0 Å². The van der Waals surface area contributed by atoms with Crippen LogP contribution in [-0.2, 0) is 11.3 Å². The standard InChI is InChI=1S/C24H21N3O5S/c1-30-20-10-9-16(12-21(20)31-2)13-22-23(29)27(15-18-7-5-11-32-18)24(33-22)26-25-14-17-6-3-4-8-19(17)28/h3-14,28H,15H2,1-2H3/b22-13-,25-14+,26-24-. The van der Waals surface area contributed by atoms with Crippen LogP contribution in [0.25, 0.3) is 6.08 Å². The second kappa shape index (κ2) is 10.1. The Bertz CT molecular complexity index is 1230. The van der Waals surface area contributed by atoms with Crippen molar-refractivity contribution in [1.82, 2.24) is 4.90 Å². The average Bonchev–Trinajstić information content (AvgIpc) is 3.44. The van der Waals surface area contributed by atoms with Gasteiger partial charge in [-0.1, -0.05) is 18.2 Å². The number of carbonyl (C=O) groups excluding carboxylic acids is 1. The molecule has 33 heavy (non-hydrogen) atoms. The van der Waals surface area contributed by atoms with E-state index in [9.17, 15) is 9.90 Å². The number of amides is 1. The van der Waals surface area contributed by atoms with Crippen molar-refractivity contribution in [3.63, 3.8) is 0 Å². The lowest BCUT2D eigenvalue weighted by Crippen LogP contribution is -2.28. The molecule has 168 valence electrons. The van der Waals surface area contributed by atoms with Crippen molar-refractivity contribution in [1.29, 1.82) is 0 Å². The molecule has 9 heteroatoms. The van der Waals surface area contributed by atoms with Gasteiger partial charge in [0, 0.05) is 5.56 Å². The summed E-state index contributed by atoms with van der Waals surface area (Å²) in [6.07, 6.45) is 4.75. The van der Waals surface area contributed by atoms with Crippen molar-refractivity contribution in [2.45, 2.75) is 6.54 Å². The van der Waals surface area contributed by atoms with Gasteiger partial charge in [0.05, 0.1) is 38.1 Å². The summed E-state index contributed by atoms with van der Waals surface area (Å²) in [5.41, 5.74) is 1.30. The third-order valence-corrected chi connectivity index (χ3v) is 5.76. The van der Waals surface area contributed by atoms with Crippen LogP contribution in [0.15, 0.2) is 80.4 Å². The number of furan rings is 1. The Morgan fingerprint density at radius 3 is 2.64 bits per heavy atom. The smallest absolute Gasteiger partial charge is 0.267 e. The molecule has 0 radical (unpaired) electrons. The van der Waals surface area contributed by atoms with Gasteiger partial charge < -0.3 is 19.0 Å². The van der Waals surface area contributed by atoms with Crippen LogP contribution in [0.2, 0.25) is 0 Å². The van der Waals surface area contributed by atoms with E-state index in [2.05, 4.69) is 10.2 Å². The molecule has 1 N–H and O–H groups in total. The number of methoxy groups -OCH3 is 2. The maximum atomic E-state index is 13.2. The lowest BCUT2D eigenvalue weighted by atomic mass is 10.2. The van der Waals surface area contributed by atoms with Crippen LogP contribution >= 0.6 is 11.8 Å². The van der Waals surface area contributed by atoms with Crippen LogP contribution in [0.4, 0.5) is 0 Å². The summed E-state index contributed by atoms with van der Waals surface area (Å²) in [5, 5.41) is 18.6. The highest BCUT2D eigenvalue weighted by molar-refractivity contribution is 8.18. The number of amidine groups is 1. The molecule has 8 nitrogen and oxygen atoms in total. The number of aromatic hydroxyl groups is 1. The molecule has 1 amide bonds. The summed E-state index contributed by atoms with van der Waals surface area (Å²) in [7, 11) is 3.12. The monoisotopic (exact) mass is 463 g/mol. The fourth-order valence-electron chi connectivity index (χ4n) is 3.11. The highest BCUT2D eigenvalue weighted by Gasteiger charge is 2.34. The van der Waals surface area contributed by atoms with Crippen molar-refractivity contribution >= 4 is 35.1 Å². The summed E-state index contributed by atoms with van der Waals surface area (Å²) in [6, 6.07) is 15.8. The number of nitrogens with zero attached hydrogens (tertiary/aromatic N) is 3. The average molecular weight is 464 g/mol. The number of benzene rings is 2. The first-order chi connectivity index (χ1) is 16.1. The highest BCUT2D eigenvalue weighted by atomic mass is 32.2. The number of ether oxygens (including phenoxy) is 2. The second-order valence-corrected chi connectivity index (χ2v) is 7.89. The van der Waals surface area contributed by atoms with Gasteiger partial charge in [-0.3, -0.25) is 9.69 Å². The van der Waals surface area contributed by atoms with Gasteiger partial charge >= 0.3 is 0 Å². The summed E-state index contributed by atoms with van der Waals surface area (Å²) >= 11 is 1.20. The van der Waals surface area contributed by atoms with E-state index in [1.54, 1.807) is 75.1 Å². The topological polar surface area (TPSA) is 96.9 Å². The molecule has 2 heterocycles. The molecule has 3 aromatic rings. The van der Waals surface area contributed by atoms with E-state index in [0.717, 1.165) is 5.56 Å². The number of thioether (sulfide) groups is 1. The third-order valence-electron chi connectivity index (χ3n) is 4.76. The lowest BCUT2D eigenvalue weighted by molar-refractivity contribution is -0.122. The van der Waals surface area contributed by atoms with Gasteiger partial charge in [-0.15, -0.1) is 5.10 Å². The SMILES string of the molecule is COc1ccc(/C=C2\S/C(=N\N=C\c3ccccc3O)N(Cc3ccco3)C2=O)cc1OC. The fourth-order valence-corrected chi connectivity index (χ4v) is 4.05. The first-order valence-corrected chi connectivity index (χ1v) is 10.8. The largest absolute Gasteiger partial charge is 0.507 e. The quantitative estimate of drug-likeness (QED) is 0.315. The fraction of sp³-hybridized carbons (Fsp3) is 0.125. The van der Waals surface area contributed by atoms with E-state index in [0.29, 0.717) is 32.9 Å². The Morgan fingerprint density at radius 1 is 1.09 bits per heavy atom. The Morgan fingerprint density at radius 2 is 1.91 bits per heavy atom. The van der Waals surface area contributed by atoms with Crippen LogP contribution in [0.1, 0.15) is 16.9 Å². The maximum absolute atomic E-state index is 13.2. The molecule has 0 bridgehead atoms. The molecule has 1 fully saturated rings. The minimum absolute atomic E-state index is 0.0954. The van der Waals surface area contributed by atoms with Crippen LogP contribution in [0.3, 0.4) is 0 Å². The predicted molar refractivity (Wildman–Crippen MR) is 128 cm³/mol. The van der Waals surface area contributed by atoms with E-state index in [-0.39, 0.29) is 18.2 Å². The summed E-state index contributed by atoms with van der Waals surface area (Å²) in [4.78, 5) is 15.2. The van der Waals surface area contributed by atoms with Gasteiger partial charge in [0.15, 0.2) is 16.7 Å². The van der Waals surface area contributed by atoms with Crippen LogP contribution in [-0.4, -0.2) is 41.5 Å². The van der Waals surface area contributed by atoms with Gasteiger partial charge in [-0.25, -0.2) is 0 Å². The summed E-state index contributed by atoms with van der Waals surface area (Å²) in [5.74, 6) is 1.66. The number of phenols is 1. The molecule has 4 rings (SSSR count). The number of hydrogen-bond acceptors (Lipinski definition) is 8. The maximum Gasteiger partial charge on any atom is 0.267 e. The van der Waals surface area contributed by atoms with Crippen molar-refractivity contribution in [2.24, 2.45) is 10.2 Å². The molecule has 0 atom stereocenters. The number of para-hydroxylation sites is 1. The third kappa shape index (κ3) is 5.09. The Kier molecular flexibility index (Phi) is 6.80. The summed E-state index contributed by atoms with van der Waals surface area (Å²) in [6.45, 7) is 0.215. The van der Waals surface area contributed by atoms with Gasteiger partial charge in [0.1, 0.15) is 11.5 Å². The number of carbonyl (C=O) groups is 1. The zero-order valence-electron chi connectivity index (χ0n) is 18.0. The molecule has 0 aliphatic carbocycles. The predicted octanol–water partition coefficient (Wildman–Crippen LogP) is 4.51.